The van der Waals surface area contributed by atoms with Gasteiger partial charge in [0.15, 0.2) is 0 Å². The Morgan fingerprint density at radius 3 is 2.60 bits per heavy atom. The van der Waals surface area contributed by atoms with E-state index in [9.17, 15) is 9.59 Å². The molecule has 1 fully saturated rings. The van der Waals surface area contributed by atoms with E-state index < -0.39 is 0 Å². The van der Waals surface area contributed by atoms with Crippen LogP contribution in [0.3, 0.4) is 0 Å². The average Bonchev–Trinajstić information content (AvgIpc) is 3.46. The quantitative estimate of drug-likeness (QED) is 0.595. The molecule has 0 saturated carbocycles. The molecule has 0 bridgehead atoms. The topological polar surface area (TPSA) is 54.8 Å². The van der Waals surface area contributed by atoms with Crippen molar-refractivity contribution in [2.75, 3.05) is 32.8 Å². The summed E-state index contributed by atoms with van der Waals surface area (Å²) in [6, 6.07) is 12.0. The van der Waals surface area contributed by atoms with Crippen molar-refractivity contribution in [3.05, 3.63) is 64.1 Å². The number of benzene rings is 1. The molecule has 30 heavy (non-hydrogen) atoms. The van der Waals surface area contributed by atoms with Crippen molar-refractivity contribution < 1.29 is 14.3 Å². The van der Waals surface area contributed by atoms with Gasteiger partial charge in [0.1, 0.15) is 5.70 Å². The molecular weight excluding hydrogens is 398 g/mol. The number of para-hydroxylation sites is 1. The molecule has 6 nitrogen and oxygen atoms in total. The molecule has 0 spiro atoms. The minimum absolute atomic E-state index is 0.189. The van der Waals surface area contributed by atoms with E-state index in [1.54, 1.807) is 0 Å². The van der Waals surface area contributed by atoms with Gasteiger partial charge in [-0.05, 0) is 29.5 Å². The normalized spacial score (nSPS) is 17.6. The van der Waals surface area contributed by atoms with Crippen molar-refractivity contribution in [1.82, 2.24) is 14.4 Å². The van der Waals surface area contributed by atoms with Crippen LogP contribution in [0.1, 0.15) is 10.4 Å². The summed E-state index contributed by atoms with van der Waals surface area (Å²) in [5.41, 5.74) is 3.36. The lowest BCUT2D eigenvalue weighted by Crippen LogP contribution is -2.40. The Bertz CT molecular complexity index is 1140. The Morgan fingerprint density at radius 1 is 1.03 bits per heavy atom. The monoisotopic (exact) mass is 421 g/mol. The van der Waals surface area contributed by atoms with Gasteiger partial charge in [0.2, 0.25) is 0 Å². The van der Waals surface area contributed by atoms with Gasteiger partial charge < -0.3 is 14.2 Å². The number of carbonyl (C=O) groups excluding carboxylic acids is 2. The lowest BCUT2D eigenvalue weighted by molar-refractivity contribution is -0.137. The summed E-state index contributed by atoms with van der Waals surface area (Å²) in [6.45, 7) is 2.76. The smallest absolute Gasteiger partial charge is 0.277 e. The van der Waals surface area contributed by atoms with Gasteiger partial charge in [-0.15, -0.1) is 11.3 Å². The fourth-order valence-corrected chi connectivity index (χ4v) is 5.11. The van der Waals surface area contributed by atoms with E-state index in [1.165, 1.54) is 21.6 Å². The van der Waals surface area contributed by atoms with Gasteiger partial charge in [-0.1, -0.05) is 24.3 Å². The number of aryl methyl sites for hydroxylation is 1. The maximum Gasteiger partial charge on any atom is 0.277 e. The highest BCUT2D eigenvalue weighted by Gasteiger charge is 2.42. The van der Waals surface area contributed by atoms with Crippen LogP contribution in [0.2, 0.25) is 0 Å². The molecule has 0 unspecified atom stereocenters. The van der Waals surface area contributed by atoms with Gasteiger partial charge in [0.25, 0.3) is 11.8 Å². The Labute approximate surface area is 178 Å². The summed E-state index contributed by atoms with van der Waals surface area (Å²) in [5, 5.41) is 3.11. The van der Waals surface area contributed by atoms with E-state index in [0.717, 1.165) is 16.0 Å². The number of thiophene rings is 1. The predicted molar refractivity (Wildman–Crippen MR) is 117 cm³/mol. The molecule has 2 aliphatic rings. The number of hydrogen-bond acceptors (Lipinski definition) is 5. The van der Waals surface area contributed by atoms with Gasteiger partial charge in [0.05, 0.1) is 18.8 Å². The van der Waals surface area contributed by atoms with Crippen LogP contribution >= 0.6 is 11.3 Å². The fraction of sp³-hybridized carbons (Fsp3) is 0.304. The SMILES string of the molecule is Cn1cc(CCN2C(=O)C(c3cccs3)=C(N3CCOCC3)C2=O)c2ccccc21. The van der Waals surface area contributed by atoms with Crippen LogP contribution < -0.4 is 0 Å². The highest BCUT2D eigenvalue weighted by atomic mass is 32.1. The number of fused-ring (bicyclic) bond motifs is 1. The predicted octanol–water partition coefficient (Wildman–Crippen LogP) is 2.89. The summed E-state index contributed by atoms with van der Waals surface area (Å²) in [7, 11) is 2.02. The zero-order chi connectivity index (χ0) is 20.7. The number of hydrogen-bond donors (Lipinski definition) is 0. The Hall–Kier alpha value is -2.90. The van der Waals surface area contributed by atoms with E-state index in [0.29, 0.717) is 50.5 Å². The van der Waals surface area contributed by atoms with Crippen LogP contribution in [0.15, 0.2) is 53.7 Å². The first-order chi connectivity index (χ1) is 14.6. The highest BCUT2D eigenvalue weighted by Crippen LogP contribution is 2.34. The second kappa shape index (κ2) is 7.74. The summed E-state index contributed by atoms with van der Waals surface area (Å²) < 4.78 is 7.54. The standard InChI is InChI=1S/C23H23N3O3S/c1-24-15-16(17-5-2-3-6-18(17)24)8-9-26-22(27)20(19-7-4-14-30-19)21(23(26)28)25-10-12-29-13-11-25/h2-7,14-15H,8-13H2,1H3. The van der Waals surface area contributed by atoms with Crippen molar-refractivity contribution in [1.29, 1.82) is 0 Å². The number of amides is 2. The fourth-order valence-electron chi connectivity index (χ4n) is 4.35. The number of nitrogens with zero attached hydrogens (tertiary/aromatic N) is 3. The van der Waals surface area contributed by atoms with Gasteiger partial charge in [-0.2, -0.15) is 0 Å². The maximum atomic E-state index is 13.4. The minimum atomic E-state index is -0.191. The first-order valence-electron chi connectivity index (χ1n) is 10.1. The number of aromatic nitrogens is 1. The second-order valence-corrected chi connectivity index (χ2v) is 8.54. The van der Waals surface area contributed by atoms with Crippen molar-refractivity contribution in [2.45, 2.75) is 6.42 Å². The lowest BCUT2D eigenvalue weighted by atomic mass is 10.1. The molecule has 3 aromatic rings. The van der Waals surface area contributed by atoms with E-state index in [4.69, 9.17) is 4.74 Å². The zero-order valence-corrected chi connectivity index (χ0v) is 17.7. The largest absolute Gasteiger partial charge is 0.378 e. The number of carbonyl (C=O) groups is 2. The molecule has 4 heterocycles. The molecule has 2 aliphatic heterocycles. The molecular formula is C23H23N3O3S. The highest BCUT2D eigenvalue weighted by molar-refractivity contribution is 7.11. The number of imide groups is 1. The van der Waals surface area contributed by atoms with Crippen LogP contribution in [-0.4, -0.2) is 59.0 Å². The Kier molecular flexibility index (Phi) is 4.92. The third-order valence-corrected chi connectivity index (χ3v) is 6.71. The molecule has 0 aliphatic carbocycles. The average molecular weight is 422 g/mol. The number of ether oxygens (including phenoxy) is 1. The van der Waals surface area contributed by atoms with Gasteiger partial charge in [-0.25, -0.2) is 0 Å². The van der Waals surface area contributed by atoms with Crippen LogP contribution in [0, 0.1) is 0 Å². The number of rotatable bonds is 5. The van der Waals surface area contributed by atoms with Crippen molar-refractivity contribution >= 4 is 39.6 Å². The second-order valence-electron chi connectivity index (χ2n) is 7.59. The van der Waals surface area contributed by atoms with E-state index in [2.05, 4.69) is 22.9 Å². The summed E-state index contributed by atoms with van der Waals surface area (Å²) in [4.78, 5) is 31.0. The summed E-state index contributed by atoms with van der Waals surface area (Å²) in [6.07, 6.45) is 2.72. The third kappa shape index (κ3) is 3.14. The van der Waals surface area contributed by atoms with Crippen LogP contribution in [0.4, 0.5) is 0 Å². The summed E-state index contributed by atoms with van der Waals surface area (Å²) in [5.74, 6) is -0.380. The van der Waals surface area contributed by atoms with Crippen molar-refractivity contribution in [3.63, 3.8) is 0 Å². The first kappa shape index (κ1) is 19.1. The van der Waals surface area contributed by atoms with Crippen LogP contribution in [0.5, 0.6) is 0 Å². The molecule has 5 rings (SSSR count). The minimum Gasteiger partial charge on any atom is -0.378 e. The molecule has 2 aromatic heterocycles. The zero-order valence-electron chi connectivity index (χ0n) is 16.8. The van der Waals surface area contributed by atoms with Crippen molar-refractivity contribution in [3.8, 4) is 0 Å². The molecule has 1 aromatic carbocycles. The molecule has 7 heteroatoms. The van der Waals surface area contributed by atoms with Crippen LogP contribution in [0.25, 0.3) is 16.5 Å². The van der Waals surface area contributed by atoms with E-state index in [1.807, 2.05) is 41.6 Å². The Morgan fingerprint density at radius 2 is 1.83 bits per heavy atom. The van der Waals surface area contributed by atoms with Gasteiger partial charge >= 0.3 is 0 Å². The lowest BCUT2D eigenvalue weighted by Gasteiger charge is -2.29. The third-order valence-electron chi connectivity index (χ3n) is 5.82. The van der Waals surface area contributed by atoms with Gasteiger partial charge in [0, 0.05) is 48.7 Å². The maximum absolute atomic E-state index is 13.4. The molecule has 0 radical (unpaired) electrons. The molecule has 2 amide bonds. The van der Waals surface area contributed by atoms with E-state index >= 15 is 0 Å². The van der Waals surface area contributed by atoms with E-state index in [-0.39, 0.29) is 11.8 Å². The number of morpholine rings is 1. The molecule has 0 N–H and O–H groups in total. The van der Waals surface area contributed by atoms with Crippen molar-refractivity contribution in [2.24, 2.45) is 7.05 Å². The molecule has 154 valence electrons. The first-order valence-corrected chi connectivity index (χ1v) is 11.0. The molecule has 1 saturated heterocycles. The van der Waals surface area contributed by atoms with Crippen LogP contribution in [-0.2, 0) is 27.8 Å². The molecule has 0 atom stereocenters. The summed E-state index contributed by atoms with van der Waals surface area (Å²) >= 11 is 1.50. The van der Waals surface area contributed by atoms with Gasteiger partial charge in [-0.3, -0.25) is 14.5 Å². The Balaban J connectivity index is 1.44.